The maximum atomic E-state index is 11.8. The van der Waals surface area contributed by atoms with Crippen LogP contribution in [0, 0.1) is 0 Å². The fourth-order valence-electron chi connectivity index (χ4n) is 4.82. The van der Waals surface area contributed by atoms with E-state index >= 15 is 0 Å². The van der Waals surface area contributed by atoms with Crippen LogP contribution in [0.4, 0.5) is 5.82 Å². The predicted molar refractivity (Wildman–Crippen MR) is 147 cm³/mol. The highest BCUT2D eigenvalue weighted by Gasteiger charge is 2.28. The van der Waals surface area contributed by atoms with Gasteiger partial charge in [-0.25, -0.2) is 19.4 Å². The zero-order valence-corrected chi connectivity index (χ0v) is 21.4. The molecule has 11 nitrogen and oxygen atoms in total. The van der Waals surface area contributed by atoms with E-state index < -0.39 is 11.9 Å². The molecule has 6 N–H and O–H groups in total. The lowest BCUT2D eigenvalue weighted by Gasteiger charge is -2.36. The lowest BCUT2D eigenvalue weighted by atomic mass is 10.0. The quantitative estimate of drug-likeness (QED) is 0.278. The molecule has 0 radical (unpaired) electrons. The summed E-state index contributed by atoms with van der Waals surface area (Å²) in [5, 5.41) is 5.24. The van der Waals surface area contributed by atoms with E-state index in [0.29, 0.717) is 47.2 Å². The largest absolute Gasteiger partial charge is 0.457 e. The summed E-state index contributed by atoms with van der Waals surface area (Å²) in [7, 11) is 0. The number of hydrogen-bond acceptors (Lipinski definition) is 9. The van der Waals surface area contributed by atoms with Crippen LogP contribution < -0.4 is 21.9 Å². The summed E-state index contributed by atoms with van der Waals surface area (Å²) in [6, 6.07) is 16.3. The van der Waals surface area contributed by atoms with Crippen LogP contribution in [-0.4, -0.2) is 55.6 Å². The van der Waals surface area contributed by atoms with Gasteiger partial charge in [-0.15, -0.1) is 0 Å². The third-order valence-corrected chi connectivity index (χ3v) is 6.82. The van der Waals surface area contributed by atoms with Crippen molar-refractivity contribution < 1.29 is 14.3 Å². The first kappa shape index (κ1) is 25.9. The fraction of sp³-hybridized carbons (Fsp3) is 0.286. The van der Waals surface area contributed by atoms with E-state index in [2.05, 4.69) is 10.1 Å². The van der Waals surface area contributed by atoms with Crippen LogP contribution in [0.1, 0.15) is 31.7 Å². The van der Waals surface area contributed by atoms with Gasteiger partial charge in [0.1, 0.15) is 29.0 Å². The maximum Gasteiger partial charge on any atom is 0.217 e. The van der Waals surface area contributed by atoms with Crippen LogP contribution in [0.15, 0.2) is 66.5 Å². The van der Waals surface area contributed by atoms with Gasteiger partial charge in [-0.1, -0.05) is 18.2 Å². The smallest absolute Gasteiger partial charge is 0.217 e. The standard InChI is InChI=1S/C28H30N8O3/c29-23(12-13-25(30)38)24(17-37)35-14-4-5-19(16-35)36-28-22(15-32-36)26(31)33-27(34-28)18-8-10-21(11-9-18)39-20-6-2-1-3-7-20/h1-3,6-11,15,19,23H,4-5,12-14,16,29H2,(H2,30,38)(H2,31,33,34)/t19-,23-/m1/s1. The van der Waals surface area contributed by atoms with Gasteiger partial charge in [-0.05, 0) is 55.7 Å². The number of amides is 1. The number of para-hydroxylation sites is 1. The van der Waals surface area contributed by atoms with Gasteiger partial charge in [-0.3, -0.25) is 4.79 Å². The molecule has 39 heavy (non-hydrogen) atoms. The highest BCUT2D eigenvalue weighted by molar-refractivity contribution is 5.87. The van der Waals surface area contributed by atoms with Crippen molar-refractivity contribution in [3.8, 4) is 22.9 Å². The second kappa shape index (κ2) is 11.3. The Morgan fingerprint density at radius 3 is 2.56 bits per heavy atom. The Balaban J connectivity index is 1.38. The molecule has 200 valence electrons. The minimum atomic E-state index is -0.624. The number of ether oxygens (including phenoxy) is 1. The van der Waals surface area contributed by atoms with Gasteiger partial charge in [0.05, 0.1) is 23.7 Å². The number of piperidine rings is 1. The number of carbonyl (C=O) groups excluding carboxylic acids is 2. The van der Waals surface area contributed by atoms with Crippen molar-refractivity contribution in [2.75, 3.05) is 18.8 Å². The molecule has 4 aromatic rings. The molecule has 0 unspecified atom stereocenters. The number of carbonyl (C=O) groups is 1. The Kier molecular flexibility index (Phi) is 7.53. The van der Waals surface area contributed by atoms with Gasteiger partial charge in [0.15, 0.2) is 11.5 Å². The van der Waals surface area contributed by atoms with Gasteiger partial charge in [0.25, 0.3) is 0 Å². The van der Waals surface area contributed by atoms with Crippen molar-refractivity contribution >= 4 is 28.7 Å². The van der Waals surface area contributed by atoms with Gasteiger partial charge < -0.3 is 26.8 Å². The number of nitrogens with two attached hydrogens (primary N) is 3. The molecule has 0 aliphatic carbocycles. The van der Waals surface area contributed by atoms with E-state index in [1.807, 2.05) is 70.1 Å². The van der Waals surface area contributed by atoms with E-state index in [-0.39, 0.29) is 18.9 Å². The summed E-state index contributed by atoms with van der Waals surface area (Å²) in [5.74, 6) is 3.78. The Labute approximate surface area is 225 Å². The third kappa shape index (κ3) is 5.74. The number of fused-ring (bicyclic) bond motifs is 1. The number of nitrogens with zero attached hydrogens (tertiary/aromatic N) is 5. The first-order chi connectivity index (χ1) is 18.9. The molecule has 2 atom stereocenters. The highest BCUT2D eigenvalue weighted by atomic mass is 16.5. The molecule has 1 aliphatic heterocycles. The van der Waals surface area contributed by atoms with Crippen LogP contribution in [0.25, 0.3) is 22.4 Å². The van der Waals surface area contributed by atoms with E-state index in [1.54, 1.807) is 6.20 Å². The number of rotatable bonds is 9. The topological polar surface area (TPSA) is 168 Å². The average Bonchev–Trinajstić information content (AvgIpc) is 3.38. The average molecular weight is 527 g/mol. The van der Waals surface area contributed by atoms with Crippen LogP contribution in [0.2, 0.25) is 0 Å². The monoisotopic (exact) mass is 526 g/mol. The zero-order valence-electron chi connectivity index (χ0n) is 21.4. The third-order valence-electron chi connectivity index (χ3n) is 6.82. The molecule has 11 heteroatoms. The van der Waals surface area contributed by atoms with Crippen LogP contribution >= 0.6 is 0 Å². The Bertz CT molecular complexity index is 1510. The second-order valence-electron chi connectivity index (χ2n) is 9.54. The van der Waals surface area contributed by atoms with E-state index in [9.17, 15) is 9.59 Å². The minimum absolute atomic E-state index is 0.0771. The lowest BCUT2D eigenvalue weighted by Crippen LogP contribution is -2.42. The number of benzene rings is 2. The van der Waals surface area contributed by atoms with Crippen molar-refractivity contribution in [3.05, 3.63) is 66.5 Å². The fourth-order valence-corrected chi connectivity index (χ4v) is 4.82. The molecule has 1 fully saturated rings. The summed E-state index contributed by atoms with van der Waals surface area (Å²) in [6.07, 6.45) is 3.70. The Morgan fingerprint density at radius 1 is 1.10 bits per heavy atom. The molecular weight excluding hydrogens is 496 g/mol. The van der Waals surface area contributed by atoms with E-state index in [4.69, 9.17) is 26.9 Å². The number of nitrogen functional groups attached to an aromatic ring is 1. The summed E-state index contributed by atoms with van der Waals surface area (Å²) >= 11 is 0. The lowest BCUT2D eigenvalue weighted by molar-refractivity contribution is -0.118. The van der Waals surface area contributed by atoms with Crippen LogP contribution in [-0.2, 0) is 9.59 Å². The summed E-state index contributed by atoms with van der Waals surface area (Å²) in [4.78, 5) is 34.2. The van der Waals surface area contributed by atoms with Gasteiger partial charge >= 0.3 is 0 Å². The Morgan fingerprint density at radius 2 is 1.85 bits per heavy atom. The number of anilines is 1. The van der Waals surface area contributed by atoms with Crippen molar-refractivity contribution in [2.24, 2.45) is 11.5 Å². The van der Waals surface area contributed by atoms with Gasteiger partial charge in [0, 0.05) is 25.1 Å². The summed E-state index contributed by atoms with van der Waals surface area (Å²) in [6.45, 7) is 1.15. The minimum Gasteiger partial charge on any atom is -0.457 e. The van der Waals surface area contributed by atoms with Crippen molar-refractivity contribution in [3.63, 3.8) is 0 Å². The van der Waals surface area contributed by atoms with E-state index in [0.717, 1.165) is 24.2 Å². The number of hydrogen-bond donors (Lipinski definition) is 3. The molecule has 1 saturated heterocycles. The molecule has 2 aromatic carbocycles. The van der Waals surface area contributed by atoms with Gasteiger partial charge in [-0.2, -0.15) is 5.10 Å². The number of primary amides is 1. The van der Waals surface area contributed by atoms with Crippen molar-refractivity contribution in [1.29, 1.82) is 0 Å². The second-order valence-corrected chi connectivity index (χ2v) is 9.54. The SMILES string of the molecule is NC(=O)CC[C@@H](N)C(=C=O)N1CCC[C@@H](n2ncc3c(N)nc(-c4ccc(Oc5ccccc5)cc4)nc32)C1. The van der Waals surface area contributed by atoms with Gasteiger partial charge in [0.2, 0.25) is 5.91 Å². The van der Waals surface area contributed by atoms with Crippen molar-refractivity contribution in [1.82, 2.24) is 24.6 Å². The van der Waals surface area contributed by atoms with E-state index in [1.165, 1.54) is 0 Å². The molecular formula is C28H30N8O3. The first-order valence-electron chi connectivity index (χ1n) is 12.8. The molecule has 0 bridgehead atoms. The molecule has 0 spiro atoms. The molecule has 2 aromatic heterocycles. The first-order valence-corrected chi connectivity index (χ1v) is 12.8. The van der Waals surface area contributed by atoms with Crippen LogP contribution in [0.3, 0.4) is 0 Å². The van der Waals surface area contributed by atoms with Crippen LogP contribution in [0.5, 0.6) is 11.5 Å². The number of aromatic nitrogens is 4. The maximum absolute atomic E-state index is 11.8. The summed E-state index contributed by atoms with van der Waals surface area (Å²) in [5.41, 5.74) is 19.5. The zero-order chi connectivity index (χ0) is 27.4. The highest BCUT2D eigenvalue weighted by Crippen LogP contribution is 2.31. The Hall–Kier alpha value is -4.73. The molecule has 5 rings (SSSR count). The molecule has 1 amide bonds. The number of likely N-dealkylation sites (tertiary alicyclic amines) is 1. The van der Waals surface area contributed by atoms with Crippen molar-refractivity contribution in [2.45, 2.75) is 37.8 Å². The summed E-state index contributed by atoms with van der Waals surface area (Å²) < 4.78 is 7.73. The molecule has 1 aliphatic rings. The normalized spacial score (nSPS) is 16.0. The molecule has 3 heterocycles. The predicted octanol–water partition coefficient (Wildman–Crippen LogP) is 2.81. The molecule has 0 saturated carbocycles.